The summed E-state index contributed by atoms with van der Waals surface area (Å²) < 4.78 is 4.76. The summed E-state index contributed by atoms with van der Waals surface area (Å²) >= 11 is 0. The highest BCUT2D eigenvalue weighted by molar-refractivity contribution is 5.85. The molecular weight excluding hydrogens is 272 g/mol. The minimum Gasteiger partial charge on any atom is -0.467 e. The van der Waals surface area contributed by atoms with Crippen molar-refractivity contribution in [3.05, 3.63) is 35.9 Å². The average Bonchev–Trinajstić information content (AvgIpc) is 2.77. The molecule has 2 saturated heterocycles. The molecule has 0 spiro atoms. The fourth-order valence-corrected chi connectivity index (χ4v) is 2.90. The summed E-state index contributed by atoms with van der Waals surface area (Å²) in [4.78, 5) is 31.3. The van der Waals surface area contributed by atoms with Crippen LogP contribution in [0.1, 0.15) is 18.4 Å². The highest BCUT2D eigenvalue weighted by Crippen LogP contribution is 2.30. The van der Waals surface area contributed by atoms with Crippen molar-refractivity contribution in [3.63, 3.8) is 0 Å². The molecule has 2 atom stereocenters. The second-order valence-electron chi connectivity index (χ2n) is 5.29. The number of carbonyl (C=O) groups excluding carboxylic acids is 2. The largest absolute Gasteiger partial charge is 0.467 e. The van der Waals surface area contributed by atoms with Gasteiger partial charge in [0.25, 0.3) is 0 Å². The lowest BCUT2D eigenvalue weighted by Crippen LogP contribution is -2.45. The molecule has 0 aliphatic carbocycles. The number of carbonyl (C=O) groups is 2. The lowest BCUT2D eigenvalue weighted by Gasteiger charge is -2.27. The van der Waals surface area contributed by atoms with Crippen molar-refractivity contribution in [2.24, 2.45) is 0 Å². The van der Waals surface area contributed by atoms with Gasteiger partial charge in [0, 0.05) is 6.54 Å². The second kappa shape index (κ2) is 5.73. The first kappa shape index (κ1) is 13.9. The number of methoxy groups -OCH3 is 1. The summed E-state index contributed by atoms with van der Waals surface area (Å²) in [6.07, 6.45) is 1.37. The van der Waals surface area contributed by atoms with Crippen LogP contribution in [0.2, 0.25) is 0 Å². The number of rotatable bonds is 4. The standard InChI is InChI=1S/C15H18N2O4/c1-20-14(18)13-8-7-12-9-16(13)15(19)17(12)21-10-11-5-3-2-4-6-11/h2-6,12-13H,7-10H2,1H3/t12-,13-/m0/s1. The topological polar surface area (TPSA) is 59.1 Å². The molecule has 0 saturated carbocycles. The minimum atomic E-state index is -0.482. The van der Waals surface area contributed by atoms with Crippen molar-refractivity contribution >= 4 is 12.0 Å². The Morgan fingerprint density at radius 3 is 2.76 bits per heavy atom. The van der Waals surface area contributed by atoms with Crippen molar-refractivity contribution in [2.75, 3.05) is 13.7 Å². The maximum atomic E-state index is 12.4. The molecule has 2 amide bonds. The van der Waals surface area contributed by atoms with Crippen LogP contribution >= 0.6 is 0 Å². The van der Waals surface area contributed by atoms with E-state index in [0.29, 0.717) is 19.6 Å². The highest BCUT2D eigenvalue weighted by Gasteiger charge is 2.48. The molecule has 2 fully saturated rings. The Kier molecular flexibility index (Phi) is 3.79. The second-order valence-corrected chi connectivity index (χ2v) is 5.29. The van der Waals surface area contributed by atoms with Crippen LogP contribution in [0.3, 0.4) is 0 Å². The van der Waals surface area contributed by atoms with E-state index in [0.717, 1.165) is 12.0 Å². The molecule has 1 aromatic carbocycles. The lowest BCUT2D eigenvalue weighted by atomic mass is 10.0. The van der Waals surface area contributed by atoms with Gasteiger partial charge >= 0.3 is 12.0 Å². The molecule has 0 unspecified atom stereocenters. The third kappa shape index (κ3) is 2.58. The first-order valence-corrected chi connectivity index (χ1v) is 7.05. The molecule has 0 radical (unpaired) electrons. The number of piperidine rings is 1. The van der Waals surface area contributed by atoms with Crippen LogP contribution in [-0.2, 0) is 21.0 Å². The molecule has 2 aliphatic heterocycles. The SMILES string of the molecule is COC(=O)[C@@H]1CC[C@H]2CN1C(=O)N2OCc1ccccc1. The van der Waals surface area contributed by atoms with Crippen molar-refractivity contribution < 1.29 is 19.2 Å². The van der Waals surface area contributed by atoms with E-state index in [2.05, 4.69) is 0 Å². The van der Waals surface area contributed by atoms with Crippen LogP contribution < -0.4 is 0 Å². The number of ether oxygens (including phenoxy) is 1. The van der Waals surface area contributed by atoms with E-state index in [4.69, 9.17) is 9.57 Å². The predicted octanol–water partition coefficient (Wildman–Crippen LogP) is 1.56. The van der Waals surface area contributed by atoms with Crippen molar-refractivity contribution in [1.29, 1.82) is 0 Å². The molecule has 6 nitrogen and oxygen atoms in total. The summed E-state index contributed by atoms with van der Waals surface area (Å²) in [5.74, 6) is -0.355. The Morgan fingerprint density at radius 2 is 2.05 bits per heavy atom. The summed E-state index contributed by atoms with van der Waals surface area (Å²) in [6, 6.07) is 8.98. The number of hydrogen-bond acceptors (Lipinski definition) is 4. The van der Waals surface area contributed by atoms with Gasteiger partial charge in [0.15, 0.2) is 0 Å². The number of nitrogens with zero attached hydrogens (tertiary/aromatic N) is 2. The smallest absolute Gasteiger partial charge is 0.345 e. The van der Waals surface area contributed by atoms with E-state index in [1.54, 1.807) is 4.90 Å². The average molecular weight is 290 g/mol. The van der Waals surface area contributed by atoms with Crippen LogP contribution in [0.15, 0.2) is 30.3 Å². The van der Waals surface area contributed by atoms with Gasteiger partial charge < -0.3 is 9.64 Å². The zero-order valence-corrected chi connectivity index (χ0v) is 11.9. The number of esters is 1. The quantitative estimate of drug-likeness (QED) is 0.790. The lowest BCUT2D eigenvalue weighted by molar-refractivity contribution is -0.146. The third-order valence-corrected chi connectivity index (χ3v) is 4.01. The van der Waals surface area contributed by atoms with Gasteiger partial charge in [-0.15, -0.1) is 0 Å². The van der Waals surface area contributed by atoms with E-state index in [-0.39, 0.29) is 18.0 Å². The molecule has 6 heteroatoms. The van der Waals surface area contributed by atoms with E-state index in [1.807, 2.05) is 30.3 Å². The van der Waals surface area contributed by atoms with E-state index in [9.17, 15) is 9.59 Å². The fraction of sp³-hybridized carbons (Fsp3) is 0.467. The third-order valence-electron chi connectivity index (χ3n) is 4.01. The fourth-order valence-electron chi connectivity index (χ4n) is 2.90. The number of fused-ring (bicyclic) bond motifs is 2. The van der Waals surface area contributed by atoms with E-state index < -0.39 is 6.04 Å². The number of hydrogen-bond donors (Lipinski definition) is 0. The molecule has 112 valence electrons. The molecule has 2 heterocycles. The predicted molar refractivity (Wildman–Crippen MR) is 74.0 cm³/mol. The molecular formula is C15H18N2O4. The molecule has 2 bridgehead atoms. The van der Waals surface area contributed by atoms with Gasteiger partial charge in [-0.2, -0.15) is 5.06 Å². The summed E-state index contributed by atoms with van der Waals surface area (Å²) in [5.41, 5.74) is 1.01. The van der Waals surface area contributed by atoms with Gasteiger partial charge in [-0.05, 0) is 18.4 Å². The number of hydroxylamine groups is 2. The summed E-state index contributed by atoms with van der Waals surface area (Å²) in [7, 11) is 1.35. The first-order valence-electron chi connectivity index (χ1n) is 7.05. The van der Waals surface area contributed by atoms with E-state index >= 15 is 0 Å². The Balaban J connectivity index is 1.66. The molecule has 1 aromatic rings. The van der Waals surface area contributed by atoms with Gasteiger partial charge in [-0.3, -0.25) is 4.84 Å². The normalized spacial score (nSPS) is 24.3. The highest BCUT2D eigenvalue weighted by atomic mass is 16.7. The molecule has 3 rings (SSSR count). The first-order chi connectivity index (χ1) is 10.2. The molecule has 2 aliphatic rings. The van der Waals surface area contributed by atoms with Crippen LogP contribution in [-0.4, -0.2) is 47.7 Å². The maximum absolute atomic E-state index is 12.4. The molecule has 0 aromatic heterocycles. The monoisotopic (exact) mass is 290 g/mol. The minimum absolute atomic E-state index is 0.0159. The number of amides is 2. The van der Waals surface area contributed by atoms with Crippen molar-refractivity contribution in [1.82, 2.24) is 9.96 Å². The summed E-state index contributed by atoms with van der Waals surface area (Å²) in [5, 5.41) is 1.41. The Morgan fingerprint density at radius 1 is 1.29 bits per heavy atom. The maximum Gasteiger partial charge on any atom is 0.345 e. The summed E-state index contributed by atoms with van der Waals surface area (Å²) in [6.45, 7) is 0.868. The van der Waals surface area contributed by atoms with Gasteiger partial charge in [0.2, 0.25) is 0 Å². The molecule has 0 N–H and O–H groups in total. The van der Waals surface area contributed by atoms with Crippen LogP contribution in [0, 0.1) is 0 Å². The van der Waals surface area contributed by atoms with E-state index in [1.165, 1.54) is 12.2 Å². The van der Waals surface area contributed by atoms with Gasteiger partial charge in [-0.1, -0.05) is 30.3 Å². The van der Waals surface area contributed by atoms with Crippen molar-refractivity contribution in [2.45, 2.75) is 31.5 Å². The van der Waals surface area contributed by atoms with Crippen LogP contribution in [0.5, 0.6) is 0 Å². The zero-order chi connectivity index (χ0) is 14.8. The number of benzene rings is 1. The van der Waals surface area contributed by atoms with Crippen molar-refractivity contribution in [3.8, 4) is 0 Å². The Bertz CT molecular complexity index is 534. The molecule has 21 heavy (non-hydrogen) atoms. The Hall–Kier alpha value is -2.08. The van der Waals surface area contributed by atoms with Crippen LogP contribution in [0.25, 0.3) is 0 Å². The van der Waals surface area contributed by atoms with Crippen LogP contribution in [0.4, 0.5) is 4.79 Å². The zero-order valence-electron chi connectivity index (χ0n) is 11.9. The van der Waals surface area contributed by atoms with Gasteiger partial charge in [0.1, 0.15) is 12.6 Å². The number of urea groups is 1. The van der Waals surface area contributed by atoms with Gasteiger partial charge in [0.05, 0.1) is 13.2 Å². The van der Waals surface area contributed by atoms with Gasteiger partial charge in [-0.25, -0.2) is 9.59 Å². The Labute approximate surface area is 123 Å².